The van der Waals surface area contributed by atoms with E-state index in [0.29, 0.717) is 17.5 Å². The van der Waals surface area contributed by atoms with Crippen LogP contribution >= 0.6 is 11.3 Å². The maximum atomic E-state index is 6.37. The quantitative estimate of drug-likeness (QED) is 0.168. The molecule has 0 amide bonds. The fourth-order valence-electron chi connectivity index (χ4n) is 9.32. The number of hydrogen-bond acceptors (Lipinski definition) is 5. The molecule has 0 saturated heterocycles. The fraction of sp³-hybridized carbons (Fsp3) is 0. The highest BCUT2D eigenvalue weighted by atomic mass is 32.1. The summed E-state index contributed by atoms with van der Waals surface area (Å²) in [4.78, 5) is 15.8. The minimum absolute atomic E-state index is 0.574. The Kier molecular flexibility index (Phi) is 8.01. The molecule has 63 heavy (non-hydrogen) atoms. The van der Waals surface area contributed by atoms with E-state index in [1.165, 1.54) is 42.0 Å². The van der Waals surface area contributed by atoms with E-state index >= 15 is 0 Å². The highest BCUT2D eigenvalue weighted by Crippen LogP contribution is 2.45. The Morgan fingerprint density at radius 1 is 0.349 bits per heavy atom. The van der Waals surface area contributed by atoms with Gasteiger partial charge in [0.1, 0.15) is 11.2 Å². The van der Waals surface area contributed by atoms with Gasteiger partial charge in [-0.05, 0) is 65.2 Å². The fourth-order valence-corrected chi connectivity index (χ4v) is 10.5. The number of furan rings is 1. The van der Waals surface area contributed by atoms with Crippen LogP contribution in [-0.4, -0.2) is 19.5 Å². The van der Waals surface area contributed by atoms with Crippen LogP contribution in [0.15, 0.2) is 211 Å². The lowest BCUT2D eigenvalue weighted by Crippen LogP contribution is -2.01. The first-order valence-electron chi connectivity index (χ1n) is 21.1. The number of hydrogen-bond donors (Lipinski definition) is 0. The Hall–Kier alpha value is -8.19. The molecule has 0 saturated carbocycles. The lowest BCUT2D eigenvalue weighted by atomic mass is 9.96. The molecule has 0 fully saturated rings. The molecule has 0 aliphatic heterocycles. The summed E-state index contributed by atoms with van der Waals surface area (Å²) in [6.45, 7) is 0. The normalized spacial score (nSPS) is 11.8. The molecule has 0 unspecified atom stereocenters. The third-order valence-corrected chi connectivity index (χ3v) is 13.5. The first-order chi connectivity index (χ1) is 31.2. The maximum Gasteiger partial charge on any atom is 0.164 e. The molecule has 0 N–H and O–H groups in total. The number of thiophene rings is 1. The van der Waals surface area contributed by atoms with Gasteiger partial charge in [0.15, 0.2) is 17.5 Å². The van der Waals surface area contributed by atoms with Crippen molar-refractivity contribution in [1.82, 2.24) is 19.5 Å². The zero-order chi connectivity index (χ0) is 41.4. The third-order valence-electron chi connectivity index (χ3n) is 12.3. The summed E-state index contributed by atoms with van der Waals surface area (Å²) in [7, 11) is 0. The van der Waals surface area contributed by atoms with Crippen molar-refractivity contribution in [3.63, 3.8) is 0 Å². The predicted octanol–water partition coefficient (Wildman–Crippen LogP) is 15.6. The van der Waals surface area contributed by atoms with Crippen LogP contribution in [0.2, 0.25) is 0 Å². The topological polar surface area (TPSA) is 56.7 Å². The summed E-state index contributed by atoms with van der Waals surface area (Å²) in [5, 5.41) is 7.06. The average molecular weight is 823 g/mol. The van der Waals surface area contributed by atoms with Gasteiger partial charge in [0, 0.05) is 69.7 Å². The van der Waals surface area contributed by atoms with E-state index in [9.17, 15) is 0 Å². The van der Waals surface area contributed by atoms with Gasteiger partial charge >= 0.3 is 0 Å². The molecule has 0 atom stereocenters. The lowest BCUT2D eigenvalue weighted by Gasteiger charge is -2.15. The van der Waals surface area contributed by atoms with Crippen LogP contribution in [0.3, 0.4) is 0 Å². The van der Waals surface area contributed by atoms with Crippen molar-refractivity contribution in [2.75, 3.05) is 0 Å². The molecular formula is C57H34N4OS. The van der Waals surface area contributed by atoms with E-state index in [0.717, 1.165) is 66.6 Å². The first kappa shape index (κ1) is 35.6. The number of para-hydroxylation sites is 3. The van der Waals surface area contributed by atoms with E-state index in [4.69, 9.17) is 19.4 Å². The summed E-state index contributed by atoms with van der Waals surface area (Å²) >= 11 is 1.83. The van der Waals surface area contributed by atoms with Crippen molar-refractivity contribution >= 4 is 75.3 Å². The third kappa shape index (κ3) is 5.80. The SMILES string of the molecule is c1ccc(-c2ccc(-c3nc(-c4ccc5c(c4)oc4ccccc45)nc(-c4ccccc4-c4cc(-n5c6ccccc6c6ccccc65)cc5c4sc4ccccc45)n3)cc2)cc1. The summed E-state index contributed by atoms with van der Waals surface area (Å²) in [5.74, 6) is 1.77. The summed E-state index contributed by atoms with van der Waals surface area (Å²) in [5.41, 5.74) is 12.2. The number of benzene rings is 9. The largest absolute Gasteiger partial charge is 0.456 e. The van der Waals surface area contributed by atoms with Crippen LogP contribution in [0, 0.1) is 0 Å². The molecule has 13 rings (SSSR count). The van der Waals surface area contributed by atoms with Gasteiger partial charge in [0.25, 0.3) is 0 Å². The first-order valence-corrected chi connectivity index (χ1v) is 21.9. The van der Waals surface area contributed by atoms with Crippen LogP contribution in [-0.2, 0) is 0 Å². The maximum absolute atomic E-state index is 6.37. The second-order valence-corrected chi connectivity index (χ2v) is 17.0. The average Bonchev–Trinajstić information content (AvgIpc) is 4.03. The molecule has 0 aliphatic carbocycles. The zero-order valence-corrected chi connectivity index (χ0v) is 34.6. The number of fused-ring (bicyclic) bond motifs is 9. The van der Waals surface area contributed by atoms with Crippen molar-refractivity contribution in [2.24, 2.45) is 0 Å². The van der Waals surface area contributed by atoms with Crippen LogP contribution in [0.4, 0.5) is 0 Å². The van der Waals surface area contributed by atoms with Gasteiger partial charge < -0.3 is 8.98 Å². The number of nitrogens with zero attached hydrogens (tertiary/aromatic N) is 4. The highest BCUT2D eigenvalue weighted by Gasteiger charge is 2.22. The Bertz CT molecular complexity index is 3860. The smallest absolute Gasteiger partial charge is 0.164 e. The van der Waals surface area contributed by atoms with Crippen LogP contribution < -0.4 is 0 Å². The second-order valence-electron chi connectivity index (χ2n) is 15.9. The van der Waals surface area contributed by atoms with Gasteiger partial charge in [0.2, 0.25) is 0 Å². The second kappa shape index (κ2) is 14.2. The molecule has 294 valence electrons. The van der Waals surface area contributed by atoms with Crippen molar-refractivity contribution in [3.05, 3.63) is 206 Å². The molecule has 6 heteroatoms. The van der Waals surface area contributed by atoms with Gasteiger partial charge in [-0.15, -0.1) is 11.3 Å². The summed E-state index contributed by atoms with van der Waals surface area (Å²) < 4.78 is 11.2. The number of aromatic nitrogens is 4. The van der Waals surface area contributed by atoms with Crippen molar-refractivity contribution in [2.45, 2.75) is 0 Å². The molecular weight excluding hydrogens is 789 g/mol. The lowest BCUT2D eigenvalue weighted by molar-refractivity contribution is 0.669. The molecule has 0 radical (unpaired) electrons. The van der Waals surface area contributed by atoms with E-state index in [-0.39, 0.29) is 0 Å². The molecule has 0 spiro atoms. The Morgan fingerprint density at radius 3 is 1.68 bits per heavy atom. The molecule has 4 heterocycles. The molecule has 9 aromatic carbocycles. The predicted molar refractivity (Wildman–Crippen MR) is 262 cm³/mol. The van der Waals surface area contributed by atoms with Gasteiger partial charge in [-0.3, -0.25) is 0 Å². The standard InChI is InChI=1S/C57H34N4OS/c1-2-14-35(15-3-1)36-26-28-37(29-27-36)55-58-56(38-30-31-44-43-19-8-12-24-51(43)62-52(44)32-38)60-57(59-55)46-21-5-4-16-40(46)47-33-39(34-48-45-20-9-13-25-53(45)63-54(47)48)61-49-22-10-6-17-41(49)42-18-7-11-23-50(42)61/h1-34H. The molecule has 0 aliphatic rings. The van der Waals surface area contributed by atoms with Gasteiger partial charge in [0.05, 0.1) is 11.0 Å². The minimum Gasteiger partial charge on any atom is -0.456 e. The van der Waals surface area contributed by atoms with Crippen LogP contribution in [0.25, 0.3) is 126 Å². The molecule has 4 aromatic heterocycles. The molecule has 0 bridgehead atoms. The monoisotopic (exact) mass is 822 g/mol. The van der Waals surface area contributed by atoms with Crippen LogP contribution in [0.1, 0.15) is 0 Å². The van der Waals surface area contributed by atoms with Gasteiger partial charge in [-0.2, -0.15) is 0 Å². The highest BCUT2D eigenvalue weighted by molar-refractivity contribution is 7.26. The number of rotatable bonds is 6. The van der Waals surface area contributed by atoms with Crippen molar-refractivity contribution < 1.29 is 4.42 Å². The molecule has 5 nitrogen and oxygen atoms in total. The Labute approximate surface area is 365 Å². The van der Waals surface area contributed by atoms with E-state index in [1.54, 1.807) is 0 Å². The Morgan fingerprint density at radius 2 is 0.905 bits per heavy atom. The Balaban J connectivity index is 1.05. The van der Waals surface area contributed by atoms with E-state index in [1.807, 2.05) is 35.6 Å². The van der Waals surface area contributed by atoms with Crippen molar-refractivity contribution in [3.8, 4) is 62.1 Å². The minimum atomic E-state index is 0.574. The summed E-state index contributed by atoms with van der Waals surface area (Å²) in [6, 6.07) is 72.7. The summed E-state index contributed by atoms with van der Waals surface area (Å²) in [6.07, 6.45) is 0. The van der Waals surface area contributed by atoms with Crippen LogP contribution in [0.5, 0.6) is 0 Å². The van der Waals surface area contributed by atoms with Crippen molar-refractivity contribution in [1.29, 1.82) is 0 Å². The van der Waals surface area contributed by atoms with Gasteiger partial charge in [-0.25, -0.2) is 15.0 Å². The molecule has 13 aromatic rings. The van der Waals surface area contributed by atoms with E-state index in [2.05, 4.69) is 187 Å². The van der Waals surface area contributed by atoms with Gasteiger partial charge in [-0.1, -0.05) is 158 Å². The van der Waals surface area contributed by atoms with E-state index < -0.39 is 0 Å². The zero-order valence-electron chi connectivity index (χ0n) is 33.7.